The fourth-order valence-electron chi connectivity index (χ4n) is 1.78. The molecule has 0 aromatic heterocycles. The smallest absolute Gasteiger partial charge is 0.310 e. The van der Waals surface area contributed by atoms with Crippen molar-refractivity contribution in [2.24, 2.45) is 5.92 Å². The van der Waals surface area contributed by atoms with Crippen LogP contribution in [-0.4, -0.2) is 31.8 Å². The van der Waals surface area contributed by atoms with E-state index in [1.54, 1.807) is 19.1 Å². The molecule has 0 spiro atoms. The van der Waals surface area contributed by atoms with Gasteiger partial charge in [0, 0.05) is 6.04 Å². The fraction of sp³-hybridized carbons (Fsp3) is 0.562. The lowest BCUT2D eigenvalue weighted by molar-refractivity contribution is -0.148. The van der Waals surface area contributed by atoms with Crippen molar-refractivity contribution < 1.29 is 18.7 Å². The molecular formula is C16H24FNO3. The Morgan fingerprint density at radius 3 is 2.57 bits per heavy atom. The van der Waals surface area contributed by atoms with Crippen LogP contribution >= 0.6 is 0 Å². The van der Waals surface area contributed by atoms with Crippen molar-refractivity contribution in [3.8, 4) is 5.75 Å². The summed E-state index contributed by atoms with van der Waals surface area (Å²) in [6.07, 6.45) is 0.803. The molecule has 0 heterocycles. The number of halogens is 1. The highest BCUT2D eigenvalue weighted by Crippen LogP contribution is 2.11. The van der Waals surface area contributed by atoms with Crippen molar-refractivity contribution in [3.05, 3.63) is 30.1 Å². The molecule has 0 radical (unpaired) electrons. The average Bonchev–Trinajstić information content (AvgIpc) is 2.48. The molecule has 5 heteroatoms. The summed E-state index contributed by atoms with van der Waals surface area (Å²) in [7, 11) is 0. The van der Waals surface area contributed by atoms with E-state index in [0.29, 0.717) is 19.0 Å². The molecule has 1 rings (SSSR count). The van der Waals surface area contributed by atoms with Gasteiger partial charge in [0.1, 0.15) is 11.6 Å². The summed E-state index contributed by atoms with van der Waals surface area (Å²) in [6.45, 7) is 7.30. The predicted octanol–water partition coefficient (Wildman–Crippen LogP) is 2.77. The molecule has 0 fully saturated rings. The molecule has 0 aliphatic rings. The van der Waals surface area contributed by atoms with Gasteiger partial charge in [-0.05, 0) is 51.1 Å². The molecule has 2 atom stereocenters. The third kappa shape index (κ3) is 6.58. The Kier molecular flexibility index (Phi) is 7.75. The van der Waals surface area contributed by atoms with Gasteiger partial charge in [0.25, 0.3) is 0 Å². The summed E-state index contributed by atoms with van der Waals surface area (Å²) in [5.41, 5.74) is 0. The molecular weight excluding hydrogens is 273 g/mol. The standard InChI is InChI=1S/C16H24FNO3/c1-4-20-16(19)12(2)13(3)18-10-5-11-21-15-8-6-14(17)7-9-15/h6-9,12-13,18H,4-5,10-11H2,1-3H3/t12-,13+/m0/s1. The second kappa shape index (κ2) is 9.34. The number of nitrogens with one attached hydrogen (secondary N) is 1. The SMILES string of the molecule is CCOC(=O)[C@@H](C)[C@@H](C)NCCCOc1ccc(F)cc1. The van der Waals surface area contributed by atoms with E-state index < -0.39 is 0 Å². The van der Waals surface area contributed by atoms with E-state index in [9.17, 15) is 9.18 Å². The number of esters is 1. The summed E-state index contributed by atoms with van der Waals surface area (Å²) in [5.74, 6) is 0.0261. The van der Waals surface area contributed by atoms with Crippen LogP contribution in [0.5, 0.6) is 5.75 Å². The second-order valence-electron chi connectivity index (χ2n) is 4.94. The van der Waals surface area contributed by atoms with Crippen molar-refractivity contribution in [2.45, 2.75) is 33.2 Å². The first-order valence-electron chi connectivity index (χ1n) is 7.33. The zero-order chi connectivity index (χ0) is 15.7. The number of rotatable bonds is 9. The van der Waals surface area contributed by atoms with Crippen LogP contribution in [-0.2, 0) is 9.53 Å². The molecule has 0 aliphatic heterocycles. The minimum atomic E-state index is -0.272. The molecule has 0 bridgehead atoms. The van der Waals surface area contributed by atoms with Crippen molar-refractivity contribution in [1.29, 1.82) is 0 Å². The lowest BCUT2D eigenvalue weighted by Gasteiger charge is -2.19. The van der Waals surface area contributed by atoms with E-state index in [0.717, 1.165) is 13.0 Å². The maximum atomic E-state index is 12.7. The number of carbonyl (C=O) groups is 1. The highest BCUT2D eigenvalue weighted by atomic mass is 19.1. The zero-order valence-electron chi connectivity index (χ0n) is 12.9. The van der Waals surface area contributed by atoms with Crippen LogP contribution in [0.1, 0.15) is 27.2 Å². The highest BCUT2D eigenvalue weighted by molar-refractivity contribution is 5.72. The Bertz CT molecular complexity index is 422. The third-order valence-corrected chi connectivity index (χ3v) is 3.28. The molecule has 0 aliphatic carbocycles. The summed E-state index contributed by atoms with van der Waals surface area (Å²) >= 11 is 0. The molecule has 0 saturated carbocycles. The Balaban J connectivity index is 2.15. The van der Waals surface area contributed by atoms with E-state index in [1.165, 1.54) is 12.1 Å². The van der Waals surface area contributed by atoms with Gasteiger partial charge in [-0.3, -0.25) is 4.79 Å². The quantitative estimate of drug-likeness (QED) is 0.562. The average molecular weight is 297 g/mol. The van der Waals surface area contributed by atoms with E-state index in [4.69, 9.17) is 9.47 Å². The van der Waals surface area contributed by atoms with E-state index in [-0.39, 0.29) is 23.7 Å². The monoisotopic (exact) mass is 297 g/mol. The van der Waals surface area contributed by atoms with Gasteiger partial charge in [-0.2, -0.15) is 0 Å². The maximum Gasteiger partial charge on any atom is 0.310 e. The summed E-state index contributed by atoms with van der Waals surface area (Å²) in [4.78, 5) is 11.6. The number of ether oxygens (including phenoxy) is 2. The number of benzene rings is 1. The number of hydrogen-bond donors (Lipinski definition) is 1. The Labute approximate surface area is 125 Å². The lowest BCUT2D eigenvalue weighted by Crippen LogP contribution is -2.37. The first-order valence-corrected chi connectivity index (χ1v) is 7.33. The largest absolute Gasteiger partial charge is 0.494 e. The van der Waals surface area contributed by atoms with E-state index >= 15 is 0 Å². The molecule has 1 aromatic carbocycles. The first-order chi connectivity index (χ1) is 10.0. The Morgan fingerprint density at radius 1 is 1.29 bits per heavy atom. The topological polar surface area (TPSA) is 47.6 Å². The minimum absolute atomic E-state index is 0.0508. The normalized spacial score (nSPS) is 13.5. The van der Waals surface area contributed by atoms with Crippen LogP contribution < -0.4 is 10.1 Å². The number of hydrogen-bond acceptors (Lipinski definition) is 4. The van der Waals surface area contributed by atoms with Crippen LogP contribution in [0.25, 0.3) is 0 Å². The van der Waals surface area contributed by atoms with E-state index in [2.05, 4.69) is 5.32 Å². The molecule has 1 aromatic rings. The second-order valence-corrected chi connectivity index (χ2v) is 4.94. The van der Waals surface area contributed by atoms with Gasteiger partial charge < -0.3 is 14.8 Å². The van der Waals surface area contributed by atoms with Crippen molar-refractivity contribution >= 4 is 5.97 Å². The minimum Gasteiger partial charge on any atom is -0.494 e. The van der Waals surface area contributed by atoms with Gasteiger partial charge in [-0.1, -0.05) is 6.92 Å². The predicted molar refractivity (Wildman–Crippen MR) is 79.8 cm³/mol. The lowest BCUT2D eigenvalue weighted by atomic mass is 10.0. The summed E-state index contributed by atoms with van der Waals surface area (Å²) < 4.78 is 23.2. The zero-order valence-corrected chi connectivity index (χ0v) is 12.9. The molecule has 0 saturated heterocycles. The summed E-state index contributed by atoms with van der Waals surface area (Å²) in [5, 5.41) is 3.28. The van der Waals surface area contributed by atoms with Crippen molar-refractivity contribution in [1.82, 2.24) is 5.32 Å². The van der Waals surface area contributed by atoms with Crippen LogP contribution in [0.15, 0.2) is 24.3 Å². The maximum absolute atomic E-state index is 12.7. The molecule has 1 N–H and O–H groups in total. The molecule has 4 nitrogen and oxygen atoms in total. The Hall–Kier alpha value is -1.62. The van der Waals surface area contributed by atoms with Gasteiger partial charge in [0.15, 0.2) is 0 Å². The van der Waals surface area contributed by atoms with Crippen LogP contribution in [0, 0.1) is 11.7 Å². The van der Waals surface area contributed by atoms with Crippen molar-refractivity contribution in [3.63, 3.8) is 0 Å². The van der Waals surface area contributed by atoms with Crippen LogP contribution in [0.3, 0.4) is 0 Å². The molecule has 118 valence electrons. The summed E-state index contributed by atoms with van der Waals surface area (Å²) in [6, 6.07) is 6.00. The molecule has 21 heavy (non-hydrogen) atoms. The molecule has 0 amide bonds. The van der Waals surface area contributed by atoms with Gasteiger partial charge in [0.2, 0.25) is 0 Å². The first kappa shape index (κ1) is 17.4. The van der Waals surface area contributed by atoms with Crippen LogP contribution in [0.4, 0.5) is 4.39 Å². The van der Waals surface area contributed by atoms with Gasteiger partial charge in [0.05, 0.1) is 19.1 Å². The van der Waals surface area contributed by atoms with Gasteiger partial charge >= 0.3 is 5.97 Å². The highest BCUT2D eigenvalue weighted by Gasteiger charge is 2.20. The van der Waals surface area contributed by atoms with Crippen molar-refractivity contribution in [2.75, 3.05) is 19.8 Å². The van der Waals surface area contributed by atoms with Gasteiger partial charge in [-0.25, -0.2) is 4.39 Å². The molecule has 0 unspecified atom stereocenters. The van der Waals surface area contributed by atoms with E-state index in [1.807, 2.05) is 13.8 Å². The fourth-order valence-corrected chi connectivity index (χ4v) is 1.78. The van der Waals surface area contributed by atoms with Gasteiger partial charge in [-0.15, -0.1) is 0 Å². The van der Waals surface area contributed by atoms with Crippen LogP contribution in [0.2, 0.25) is 0 Å². The third-order valence-electron chi connectivity index (χ3n) is 3.28. The Morgan fingerprint density at radius 2 is 1.95 bits per heavy atom. The number of carbonyl (C=O) groups excluding carboxylic acids is 1.